The van der Waals surface area contributed by atoms with E-state index in [0.29, 0.717) is 32.5 Å². The number of hydrogen-bond donors (Lipinski definition) is 2. The molecule has 0 aliphatic rings. The highest BCUT2D eigenvalue weighted by molar-refractivity contribution is 5.91. The third-order valence-corrected chi connectivity index (χ3v) is 6.99. The van der Waals surface area contributed by atoms with Crippen LogP contribution in [0.15, 0.2) is 109 Å². The third-order valence-electron chi connectivity index (χ3n) is 6.99. The van der Waals surface area contributed by atoms with Gasteiger partial charge in [0.2, 0.25) is 5.91 Å². The Labute approximate surface area is 255 Å². The normalized spacial score (nSPS) is 12.7. The van der Waals surface area contributed by atoms with Crippen LogP contribution in [-0.4, -0.2) is 23.8 Å². The Hall–Kier alpha value is -4.42. The number of nitrogens with one attached hydrogen (secondary N) is 1. The molecule has 0 aliphatic heterocycles. The Morgan fingerprint density at radius 1 is 0.651 bits per heavy atom. The summed E-state index contributed by atoms with van der Waals surface area (Å²) < 4.78 is 11.8. The van der Waals surface area contributed by atoms with Crippen molar-refractivity contribution in [2.45, 2.75) is 65.3 Å². The van der Waals surface area contributed by atoms with Crippen LogP contribution in [0.5, 0.6) is 11.5 Å². The predicted octanol–water partition coefficient (Wildman–Crippen LogP) is 6.45. The minimum absolute atomic E-state index is 0.0163. The second-order valence-electron chi connectivity index (χ2n) is 12.1. The van der Waals surface area contributed by atoms with E-state index < -0.39 is 12.1 Å². The maximum atomic E-state index is 13.3. The summed E-state index contributed by atoms with van der Waals surface area (Å²) in [6.45, 7) is 7.00. The van der Waals surface area contributed by atoms with Crippen molar-refractivity contribution in [1.82, 2.24) is 5.32 Å². The monoisotopic (exact) mass is 578 g/mol. The molecule has 0 radical (unpaired) electrons. The fraction of sp³-hybridized carbons (Fsp3) is 0.297. The van der Waals surface area contributed by atoms with E-state index in [4.69, 9.17) is 15.2 Å². The molecule has 0 fully saturated rings. The molecule has 0 aromatic heterocycles. The summed E-state index contributed by atoms with van der Waals surface area (Å²) >= 11 is 0. The van der Waals surface area contributed by atoms with Crippen LogP contribution in [0.25, 0.3) is 0 Å². The van der Waals surface area contributed by atoms with Crippen molar-refractivity contribution in [2.75, 3.05) is 0 Å². The van der Waals surface area contributed by atoms with Crippen molar-refractivity contribution in [3.05, 3.63) is 131 Å². The fourth-order valence-electron chi connectivity index (χ4n) is 4.68. The van der Waals surface area contributed by atoms with Gasteiger partial charge in [0.15, 0.2) is 5.78 Å². The number of ether oxygens (including phenoxy) is 2. The van der Waals surface area contributed by atoms with Crippen LogP contribution in [0.4, 0.5) is 0 Å². The molecule has 0 saturated heterocycles. The second kappa shape index (κ2) is 15.2. The average molecular weight is 579 g/mol. The first-order valence-corrected chi connectivity index (χ1v) is 14.7. The van der Waals surface area contributed by atoms with Crippen molar-refractivity contribution in [1.29, 1.82) is 0 Å². The van der Waals surface area contributed by atoms with Crippen LogP contribution in [0.3, 0.4) is 0 Å². The van der Waals surface area contributed by atoms with Crippen molar-refractivity contribution in [3.63, 3.8) is 0 Å². The molecule has 0 bridgehead atoms. The van der Waals surface area contributed by atoms with E-state index >= 15 is 0 Å². The quantitative estimate of drug-likeness (QED) is 0.180. The van der Waals surface area contributed by atoms with Crippen molar-refractivity contribution >= 4 is 11.7 Å². The van der Waals surface area contributed by atoms with Gasteiger partial charge in [0.25, 0.3) is 0 Å². The van der Waals surface area contributed by atoms with Gasteiger partial charge in [-0.05, 0) is 64.8 Å². The number of amides is 1. The maximum Gasteiger partial charge on any atom is 0.237 e. The van der Waals surface area contributed by atoms with Crippen LogP contribution < -0.4 is 20.5 Å². The van der Waals surface area contributed by atoms with Crippen molar-refractivity contribution in [2.24, 2.45) is 11.1 Å². The number of nitrogens with two attached hydrogens (primary N) is 1. The first-order chi connectivity index (χ1) is 20.6. The lowest BCUT2D eigenvalue weighted by molar-refractivity contribution is -0.129. The molecule has 4 aromatic rings. The van der Waals surface area contributed by atoms with E-state index in [1.807, 2.05) is 130 Å². The topological polar surface area (TPSA) is 90.7 Å². The summed E-state index contributed by atoms with van der Waals surface area (Å²) in [5.41, 5.74) is 10.1. The molecular formula is C37H42N2O4. The van der Waals surface area contributed by atoms with Gasteiger partial charge in [0.1, 0.15) is 24.7 Å². The maximum absolute atomic E-state index is 13.3. The molecule has 2 atom stereocenters. The zero-order chi connectivity index (χ0) is 30.7. The molecule has 4 aromatic carbocycles. The highest BCUT2D eigenvalue weighted by Gasteiger charge is 2.27. The van der Waals surface area contributed by atoms with Crippen LogP contribution in [0.2, 0.25) is 0 Å². The summed E-state index contributed by atoms with van der Waals surface area (Å²) in [5.74, 6) is 1.12. The molecule has 1 amide bonds. The summed E-state index contributed by atoms with van der Waals surface area (Å²) in [6.07, 6.45) is 1.06. The van der Waals surface area contributed by atoms with Gasteiger partial charge in [-0.25, -0.2) is 0 Å². The Morgan fingerprint density at radius 2 is 1.09 bits per heavy atom. The highest BCUT2D eigenvalue weighted by Crippen LogP contribution is 2.22. The zero-order valence-corrected chi connectivity index (χ0v) is 25.3. The minimum Gasteiger partial charge on any atom is -0.489 e. The fourth-order valence-corrected chi connectivity index (χ4v) is 4.68. The largest absolute Gasteiger partial charge is 0.489 e. The number of ketones is 1. The predicted molar refractivity (Wildman–Crippen MR) is 171 cm³/mol. The van der Waals surface area contributed by atoms with Crippen LogP contribution in [-0.2, 0) is 35.6 Å². The van der Waals surface area contributed by atoms with Gasteiger partial charge in [-0.3, -0.25) is 9.59 Å². The van der Waals surface area contributed by atoms with Crippen molar-refractivity contribution < 1.29 is 19.1 Å². The molecule has 0 aliphatic carbocycles. The van der Waals surface area contributed by atoms with Gasteiger partial charge >= 0.3 is 0 Å². The summed E-state index contributed by atoms with van der Waals surface area (Å²) in [4.78, 5) is 26.5. The smallest absolute Gasteiger partial charge is 0.237 e. The number of benzene rings is 4. The molecule has 0 saturated carbocycles. The van der Waals surface area contributed by atoms with Gasteiger partial charge in [-0.2, -0.15) is 0 Å². The molecule has 3 N–H and O–H groups in total. The van der Waals surface area contributed by atoms with E-state index in [-0.39, 0.29) is 17.1 Å². The molecule has 2 unspecified atom stereocenters. The van der Waals surface area contributed by atoms with E-state index in [9.17, 15) is 9.59 Å². The molecule has 6 heteroatoms. The standard InChI is InChI=1S/C37H42N2O4/c1-37(2,3)24-35(40)34(23-28-16-20-32(21-17-28)43-26-30-12-8-5-9-13-30)39-36(41)33(38)22-27-14-18-31(19-15-27)42-25-29-10-6-4-7-11-29/h4-21,33-34H,22-26,38H2,1-3H3,(H,39,41). The molecule has 43 heavy (non-hydrogen) atoms. The van der Waals surface area contributed by atoms with E-state index in [0.717, 1.165) is 33.8 Å². The van der Waals surface area contributed by atoms with Gasteiger partial charge in [-0.15, -0.1) is 0 Å². The Kier molecular flexibility index (Phi) is 11.1. The summed E-state index contributed by atoms with van der Waals surface area (Å²) in [6, 6.07) is 33.7. The first kappa shape index (κ1) is 31.5. The molecular weight excluding hydrogens is 536 g/mol. The van der Waals surface area contributed by atoms with E-state index in [1.165, 1.54) is 0 Å². The summed E-state index contributed by atoms with van der Waals surface area (Å²) in [5, 5.41) is 2.95. The number of carbonyl (C=O) groups is 2. The third kappa shape index (κ3) is 10.7. The summed E-state index contributed by atoms with van der Waals surface area (Å²) in [7, 11) is 0. The molecule has 224 valence electrons. The lowest BCUT2D eigenvalue weighted by Gasteiger charge is -2.24. The van der Waals surface area contributed by atoms with Gasteiger partial charge < -0.3 is 20.5 Å². The van der Waals surface area contributed by atoms with Crippen molar-refractivity contribution in [3.8, 4) is 11.5 Å². The van der Waals surface area contributed by atoms with Gasteiger partial charge in [-0.1, -0.05) is 106 Å². The first-order valence-electron chi connectivity index (χ1n) is 14.7. The van der Waals surface area contributed by atoms with Crippen LogP contribution >= 0.6 is 0 Å². The van der Waals surface area contributed by atoms with E-state index in [2.05, 4.69) is 5.32 Å². The highest BCUT2D eigenvalue weighted by atomic mass is 16.5. The number of hydrogen-bond acceptors (Lipinski definition) is 5. The molecule has 0 heterocycles. The second-order valence-corrected chi connectivity index (χ2v) is 12.1. The Balaban J connectivity index is 1.34. The molecule has 4 rings (SSSR count). The van der Waals surface area contributed by atoms with Crippen LogP contribution in [0, 0.1) is 5.41 Å². The number of carbonyl (C=O) groups excluding carboxylic acids is 2. The van der Waals surface area contributed by atoms with E-state index in [1.54, 1.807) is 0 Å². The average Bonchev–Trinajstić information content (AvgIpc) is 3.00. The van der Waals surface area contributed by atoms with Gasteiger partial charge in [0.05, 0.1) is 12.1 Å². The lowest BCUT2D eigenvalue weighted by atomic mass is 9.86. The van der Waals surface area contributed by atoms with Crippen LogP contribution in [0.1, 0.15) is 49.4 Å². The van der Waals surface area contributed by atoms with Gasteiger partial charge in [0, 0.05) is 6.42 Å². The Morgan fingerprint density at radius 3 is 1.53 bits per heavy atom. The Bertz CT molecular complexity index is 1430. The minimum atomic E-state index is -0.796. The SMILES string of the molecule is CC(C)(C)CC(=O)C(Cc1ccc(OCc2ccccc2)cc1)NC(=O)C(N)Cc1ccc(OCc2ccccc2)cc1. The molecule has 6 nitrogen and oxygen atoms in total. The zero-order valence-electron chi connectivity index (χ0n) is 25.3. The number of rotatable bonds is 14. The number of Topliss-reactive ketones (excluding diaryl/α,β-unsaturated/α-hetero) is 1. The lowest BCUT2D eigenvalue weighted by Crippen LogP contribution is -2.50. The molecule has 0 spiro atoms.